The van der Waals surface area contributed by atoms with Gasteiger partial charge in [-0.1, -0.05) is 13.0 Å². The molecule has 0 spiro atoms. The van der Waals surface area contributed by atoms with Crippen molar-refractivity contribution in [3.8, 4) is 0 Å². The summed E-state index contributed by atoms with van der Waals surface area (Å²) >= 11 is 0. The quantitative estimate of drug-likeness (QED) is 0.836. The van der Waals surface area contributed by atoms with Gasteiger partial charge in [0.15, 0.2) is 0 Å². The normalized spacial score (nSPS) is 12.3. The fourth-order valence-corrected chi connectivity index (χ4v) is 1.83. The van der Waals surface area contributed by atoms with E-state index in [1.807, 2.05) is 6.92 Å². The zero-order chi connectivity index (χ0) is 14.5. The lowest BCUT2D eigenvalue weighted by Crippen LogP contribution is -2.33. The highest BCUT2D eigenvalue weighted by Gasteiger charge is 2.12. The van der Waals surface area contributed by atoms with Gasteiger partial charge in [-0.25, -0.2) is 4.98 Å². The minimum atomic E-state index is -0.468. The van der Waals surface area contributed by atoms with Crippen LogP contribution < -0.4 is 10.9 Å². The van der Waals surface area contributed by atoms with E-state index in [-0.39, 0.29) is 5.56 Å². The van der Waals surface area contributed by atoms with E-state index in [4.69, 9.17) is 0 Å². The maximum Gasteiger partial charge on any atom is 0.270 e. The Morgan fingerprint density at radius 3 is 3.05 bits per heavy atom. The molecule has 0 saturated carbocycles. The smallest absolute Gasteiger partial charge is 0.270 e. The molecule has 2 heterocycles. The summed E-state index contributed by atoms with van der Waals surface area (Å²) in [6, 6.07) is 5.17. The number of aliphatic hydroxyl groups excluding tert-OH is 1. The third-order valence-electron chi connectivity index (χ3n) is 3.09. The van der Waals surface area contributed by atoms with E-state index in [2.05, 4.69) is 10.3 Å². The number of carbonyl (C=O) groups is 1. The van der Waals surface area contributed by atoms with Crippen molar-refractivity contribution in [3.05, 3.63) is 46.5 Å². The molecular formula is C14H17N3O3. The van der Waals surface area contributed by atoms with Gasteiger partial charge in [-0.2, -0.15) is 0 Å². The number of pyridine rings is 1. The molecule has 0 aliphatic carbocycles. The van der Waals surface area contributed by atoms with Crippen LogP contribution in [0.4, 0.5) is 0 Å². The van der Waals surface area contributed by atoms with Crippen LogP contribution in [0.15, 0.2) is 35.4 Å². The number of hydrogen-bond donors (Lipinski definition) is 2. The lowest BCUT2D eigenvalue weighted by atomic mass is 10.2. The van der Waals surface area contributed by atoms with Crippen molar-refractivity contribution in [1.82, 2.24) is 14.7 Å². The van der Waals surface area contributed by atoms with Crippen LogP contribution in [0.3, 0.4) is 0 Å². The van der Waals surface area contributed by atoms with Crippen molar-refractivity contribution in [3.63, 3.8) is 0 Å². The van der Waals surface area contributed by atoms with Crippen LogP contribution in [0.25, 0.3) is 5.65 Å². The van der Waals surface area contributed by atoms with Crippen LogP contribution >= 0.6 is 0 Å². The topological polar surface area (TPSA) is 83.7 Å². The molecule has 1 unspecified atom stereocenters. The highest BCUT2D eigenvalue weighted by atomic mass is 16.3. The molecule has 6 nitrogen and oxygen atoms in total. The third kappa shape index (κ3) is 3.03. The Balaban J connectivity index is 2.14. The minimum absolute atomic E-state index is 0.000289. The predicted molar refractivity (Wildman–Crippen MR) is 74.7 cm³/mol. The van der Waals surface area contributed by atoms with Gasteiger partial charge in [-0.05, 0) is 25.0 Å². The number of fused-ring (bicyclic) bond motifs is 1. The number of aromatic nitrogens is 2. The van der Waals surface area contributed by atoms with Gasteiger partial charge in [0, 0.05) is 18.9 Å². The summed E-state index contributed by atoms with van der Waals surface area (Å²) in [5.74, 6) is -0.468. The maximum atomic E-state index is 12.1. The van der Waals surface area contributed by atoms with E-state index < -0.39 is 17.6 Å². The van der Waals surface area contributed by atoms with Gasteiger partial charge in [0.05, 0.1) is 6.10 Å². The van der Waals surface area contributed by atoms with Crippen molar-refractivity contribution < 1.29 is 9.90 Å². The van der Waals surface area contributed by atoms with E-state index in [9.17, 15) is 14.7 Å². The van der Waals surface area contributed by atoms with Gasteiger partial charge in [0.2, 0.25) is 0 Å². The number of carbonyl (C=O) groups excluding carboxylic acids is 1. The molecule has 1 atom stereocenters. The Hall–Kier alpha value is -2.21. The highest BCUT2D eigenvalue weighted by Crippen LogP contribution is 1.98. The molecule has 0 radical (unpaired) electrons. The van der Waals surface area contributed by atoms with Gasteiger partial charge in [0.1, 0.15) is 11.2 Å². The molecule has 0 saturated heterocycles. The van der Waals surface area contributed by atoms with Crippen LogP contribution in [-0.2, 0) is 0 Å². The molecule has 1 amide bonds. The first-order chi connectivity index (χ1) is 9.63. The number of nitrogens with zero attached hydrogens (tertiary/aromatic N) is 2. The zero-order valence-electron chi connectivity index (χ0n) is 11.2. The van der Waals surface area contributed by atoms with Crippen molar-refractivity contribution in [2.24, 2.45) is 0 Å². The predicted octanol–water partition coefficient (Wildman–Crippen LogP) is 0.585. The second-order valence-corrected chi connectivity index (χ2v) is 4.51. The minimum Gasteiger partial charge on any atom is -0.393 e. The first-order valence-corrected chi connectivity index (χ1v) is 6.56. The Labute approximate surface area is 116 Å². The Morgan fingerprint density at radius 2 is 2.30 bits per heavy atom. The van der Waals surface area contributed by atoms with Crippen molar-refractivity contribution in [2.75, 3.05) is 6.54 Å². The number of nitrogens with one attached hydrogen (secondary N) is 1. The number of amides is 1. The van der Waals surface area contributed by atoms with Gasteiger partial charge in [-0.15, -0.1) is 0 Å². The van der Waals surface area contributed by atoms with E-state index in [0.29, 0.717) is 25.0 Å². The van der Waals surface area contributed by atoms with E-state index in [1.165, 1.54) is 10.6 Å². The number of hydrogen-bond acceptors (Lipinski definition) is 4. The molecule has 0 aliphatic heterocycles. The first kappa shape index (κ1) is 14.2. The summed E-state index contributed by atoms with van der Waals surface area (Å²) in [7, 11) is 0. The summed E-state index contributed by atoms with van der Waals surface area (Å²) < 4.78 is 1.33. The molecule has 2 aromatic heterocycles. The number of rotatable bonds is 5. The monoisotopic (exact) mass is 275 g/mol. The molecule has 0 bridgehead atoms. The van der Waals surface area contributed by atoms with Gasteiger partial charge in [-0.3, -0.25) is 14.0 Å². The average molecular weight is 275 g/mol. The molecule has 2 rings (SSSR count). The first-order valence-electron chi connectivity index (χ1n) is 6.56. The summed E-state index contributed by atoms with van der Waals surface area (Å²) in [6.07, 6.45) is 3.51. The van der Waals surface area contributed by atoms with Crippen LogP contribution in [0.5, 0.6) is 0 Å². The van der Waals surface area contributed by atoms with Gasteiger partial charge < -0.3 is 10.4 Å². The molecule has 2 aromatic rings. The fraction of sp³-hybridized carbons (Fsp3) is 0.357. The second-order valence-electron chi connectivity index (χ2n) is 4.51. The second kappa shape index (κ2) is 6.29. The molecule has 0 fully saturated rings. The van der Waals surface area contributed by atoms with Crippen molar-refractivity contribution in [2.45, 2.75) is 25.9 Å². The molecular weight excluding hydrogens is 258 g/mol. The lowest BCUT2D eigenvalue weighted by Gasteiger charge is -2.09. The van der Waals surface area contributed by atoms with Gasteiger partial charge in [0.25, 0.3) is 11.5 Å². The van der Waals surface area contributed by atoms with Gasteiger partial charge >= 0.3 is 0 Å². The molecule has 106 valence electrons. The Morgan fingerprint density at radius 1 is 1.50 bits per heavy atom. The summed E-state index contributed by atoms with van der Waals surface area (Å²) in [4.78, 5) is 28.1. The van der Waals surface area contributed by atoms with E-state index in [1.54, 1.807) is 24.4 Å². The molecule has 20 heavy (non-hydrogen) atoms. The lowest BCUT2D eigenvalue weighted by molar-refractivity contribution is 0.0940. The average Bonchev–Trinajstić information content (AvgIpc) is 2.47. The van der Waals surface area contributed by atoms with Crippen molar-refractivity contribution >= 4 is 11.6 Å². The highest BCUT2D eigenvalue weighted by molar-refractivity contribution is 5.93. The third-order valence-corrected chi connectivity index (χ3v) is 3.09. The Bertz CT molecular complexity index is 666. The largest absolute Gasteiger partial charge is 0.393 e. The van der Waals surface area contributed by atoms with Crippen molar-refractivity contribution in [1.29, 1.82) is 0 Å². The zero-order valence-corrected chi connectivity index (χ0v) is 11.2. The van der Waals surface area contributed by atoms with Crippen LogP contribution in [0.2, 0.25) is 0 Å². The van der Waals surface area contributed by atoms with E-state index in [0.717, 1.165) is 0 Å². The molecule has 6 heteroatoms. The molecule has 0 aromatic carbocycles. The molecule has 0 aliphatic rings. The SMILES string of the molecule is CCC(O)CCNC(=O)c1cnc2ccccn2c1=O. The number of aliphatic hydroxyl groups is 1. The summed E-state index contributed by atoms with van der Waals surface area (Å²) in [5, 5.41) is 12.0. The van der Waals surface area contributed by atoms with Crippen LogP contribution in [0.1, 0.15) is 30.1 Å². The summed E-state index contributed by atoms with van der Waals surface area (Å²) in [6.45, 7) is 2.19. The van der Waals surface area contributed by atoms with E-state index >= 15 is 0 Å². The maximum absolute atomic E-state index is 12.1. The Kier molecular flexibility index (Phi) is 4.47. The fourth-order valence-electron chi connectivity index (χ4n) is 1.83. The van der Waals surface area contributed by atoms with Crippen LogP contribution in [0, 0.1) is 0 Å². The van der Waals surface area contributed by atoms with Crippen LogP contribution in [-0.4, -0.2) is 33.0 Å². The summed E-state index contributed by atoms with van der Waals surface area (Å²) in [5.41, 5.74) is 0.0966. The standard InChI is InChI=1S/C14H17N3O3/c1-2-10(18)6-7-15-13(19)11-9-16-12-5-3-4-8-17(12)14(11)20/h3-5,8-10,18H,2,6-7H2,1H3,(H,15,19). The molecule has 2 N–H and O–H groups in total.